The van der Waals surface area contributed by atoms with E-state index in [2.05, 4.69) is 35.9 Å². The van der Waals surface area contributed by atoms with Gasteiger partial charge >= 0.3 is 5.97 Å². The summed E-state index contributed by atoms with van der Waals surface area (Å²) in [6.07, 6.45) is 1.72. The number of thiophene rings is 1. The Morgan fingerprint density at radius 1 is 1.21 bits per heavy atom. The molecule has 2 aromatic heterocycles. The number of hydrogen-bond acceptors (Lipinski definition) is 9. The van der Waals surface area contributed by atoms with E-state index in [1.54, 1.807) is 27.1 Å². The van der Waals surface area contributed by atoms with Crippen LogP contribution in [0.25, 0.3) is 0 Å². The van der Waals surface area contributed by atoms with Crippen molar-refractivity contribution in [3.05, 3.63) is 64.3 Å². The summed E-state index contributed by atoms with van der Waals surface area (Å²) >= 11 is 2.23. The van der Waals surface area contributed by atoms with Crippen molar-refractivity contribution in [1.29, 1.82) is 0 Å². The molecule has 2 amide bonds. The molecule has 1 aromatic carbocycles. The lowest BCUT2D eigenvalue weighted by molar-refractivity contribution is -0.113. The molecule has 3 rings (SSSR count). The minimum Gasteiger partial charge on any atom is -0.486 e. The summed E-state index contributed by atoms with van der Waals surface area (Å²) in [5.41, 5.74) is 1.86. The lowest BCUT2D eigenvalue weighted by atomic mass is 10.0. The van der Waals surface area contributed by atoms with Crippen LogP contribution in [0.1, 0.15) is 56.7 Å². The molecule has 0 fully saturated rings. The second kappa shape index (κ2) is 13.4. The number of nitrogens with zero attached hydrogens (tertiary/aromatic N) is 4. The van der Waals surface area contributed by atoms with Crippen LogP contribution in [0, 0.1) is 6.92 Å². The number of carbonyl (C=O) groups excluding carboxylic acids is 3. The minimum atomic E-state index is -0.626. The SMILES string of the molecule is C=CCn1c(COc2ccc(C(C)C)cc2)nnc1SCC(=O)Nc1sc(C(=O)N(C)C)c(C)c1C(=O)OC. The molecule has 0 saturated heterocycles. The maximum Gasteiger partial charge on any atom is 0.341 e. The number of esters is 1. The molecule has 10 nitrogen and oxygen atoms in total. The van der Waals surface area contributed by atoms with Crippen molar-refractivity contribution in [3.63, 3.8) is 0 Å². The minimum absolute atomic E-state index is 0.00131. The lowest BCUT2D eigenvalue weighted by Crippen LogP contribution is -2.21. The Bertz CT molecular complexity index is 1350. The van der Waals surface area contributed by atoms with E-state index in [4.69, 9.17) is 9.47 Å². The Hall–Kier alpha value is -3.64. The zero-order chi connectivity index (χ0) is 28.7. The average Bonchev–Trinajstić information content (AvgIpc) is 3.45. The van der Waals surface area contributed by atoms with E-state index in [1.807, 2.05) is 28.8 Å². The van der Waals surface area contributed by atoms with E-state index in [0.717, 1.165) is 17.1 Å². The third kappa shape index (κ3) is 7.27. The van der Waals surface area contributed by atoms with E-state index in [9.17, 15) is 14.4 Å². The maximum absolute atomic E-state index is 12.9. The first-order valence-electron chi connectivity index (χ1n) is 12.2. The quantitative estimate of drug-likeness (QED) is 0.188. The van der Waals surface area contributed by atoms with Gasteiger partial charge in [0.05, 0.1) is 23.3 Å². The van der Waals surface area contributed by atoms with Gasteiger partial charge in [-0.25, -0.2) is 4.79 Å². The van der Waals surface area contributed by atoms with Gasteiger partial charge in [-0.05, 0) is 36.1 Å². The third-order valence-corrected chi connectivity index (χ3v) is 7.90. The highest BCUT2D eigenvalue weighted by Gasteiger charge is 2.27. The van der Waals surface area contributed by atoms with Gasteiger partial charge in [-0.3, -0.25) is 14.2 Å². The van der Waals surface area contributed by atoms with Crippen LogP contribution in [0.15, 0.2) is 42.1 Å². The van der Waals surface area contributed by atoms with Gasteiger partial charge < -0.3 is 19.7 Å². The maximum atomic E-state index is 12.9. The summed E-state index contributed by atoms with van der Waals surface area (Å²) in [4.78, 5) is 39.6. The number of benzene rings is 1. The fourth-order valence-corrected chi connectivity index (χ4v) is 5.59. The normalized spacial score (nSPS) is 10.8. The van der Waals surface area contributed by atoms with Crippen LogP contribution in [0.5, 0.6) is 5.75 Å². The Labute approximate surface area is 236 Å². The number of methoxy groups -OCH3 is 1. The summed E-state index contributed by atoms with van der Waals surface area (Å²) < 4.78 is 12.6. The number of rotatable bonds is 12. The van der Waals surface area contributed by atoms with Crippen LogP contribution in [-0.2, 0) is 22.7 Å². The molecule has 0 aliphatic rings. The van der Waals surface area contributed by atoms with E-state index in [1.165, 1.54) is 29.3 Å². The van der Waals surface area contributed by atoms with Crippen LogP contribution in [0.3, 0.4) is 0 Å². The fraction of sp³-hybridized carbons (Fsp3) is 0.370. The summed E-state index contributed by atoms with van der Waals surface area (Å²) in [7, 11) is 4.49. The van der Waals surface area contributed by atoms with Crippen molar-refractivity contribution in [1.82, 2.24) is 19.7 Å². The molecule has 0 aliphatic carbocycles. The van der Waals surface area contributed by atoms with Crippen molar-refractivity contribution in [2.45, 2.75) is 45.0 Å². The van der Waals surface area contributed by atoms with Gasteiger partial charge in [-0.15, -0.1) is 28.1 Å². The molecule has 2 heterocycles. The molecule has 0 radical (unpaired) electrons. The predicted molar refractivity (Wildman–Crippen MR) is 153 cm³/mol. The average molecular weight is 572 g/mol. The molecular formula is C27H33N5O5S2. The van der Waals surface area contributed by atoms with Crippen molar-refractivity contribution in [3.8, 4) is 5.75 Å². The zero-order valence-electron chi connectivity index (χ0n) is 22.9. The largest absolute Gasteiger partial charge is 0.486 e. The number of amides is 2. The van der Waals surface area contributed by atoms with Gasteiger partial charge in [0, 0.05) is 20.6 Å². The molecule has 39 heavy (non-hydrogen) atoms. The molecule has 0 spiro atoms. The summed E-state index contributed by atoms with van der Waals surface area (Å²) in [6.45, 7) is 10.4. The van der Waals surface area contributed by atoms with E-state index in [-0.39, 0.29) is 34.7 Å². The van der Waals surface area contributed by atoms with Crippen molar-refractivity contribution in [2.75, 3.05) is 32.3 Å². The molecule has 0 bridgehead atoms. The molecule has 0 aliphatic heterocycles. The Morgan fingerprint density at radius 3 is 2.49 bits per heavy atom. The third-order valence-electron chi connectivity index (χ3n) is 5.74. The molecule has 0 atom stereocenters. The lowest BCUT2D eigenvalue weighted by Gasteiger charge is -2.10. The van der Waals surface area contributed by atoms with Gasteiger partial charge in [-0.1, -0.05) is 43.8 Å². The number of aromatic nitrogens is 3. The number of ether oxygens (including phenoxy) is 2. The van der Waals surface area contributed by atoms with E-state index in [0.29, 0.717) is 33.9 Å². The highest BCUT2D eigenvalue weighted by Crippen LogP contribution is 2.34. The van der Waals surface area contributed by atoms with Crippen LogP contribution in [-0.4, -0.2) is 64.4 Å². The second-order valence-electron chi connectivity index (χ2n) is 9.10. The number of nitrogens with one attached hydrogen (secondary N) is 1. The molecule has 0 saturated carbocycles. The molecule has 208 valence electrons. The first kappa shape index (κ1) is 29.9. The predicted octanol–water partition coefficient (Wildman–Crippen LogP) is 4.76. The van der Waals surface area contributed by atoms with Gasteiger partial charge in [0.15, 0.2) is 11.0 Å². The van der Waals surface area contributed by atoms with Gasteiger partial charge in [0.2, 0.25) is 5.91 Å². The monoisotopic (exact) mass is 571 g/mol. The topological polar surface area (TPSA) is 116 Å². The number of carbonyl (C=O) groups is 3. The number of hydrogen-bond donors (Lipinski definition) is 1. The van der Waals surface area contributed by atoms with Crippen LogP contribution in [0.4, 0.5) is 5.00 Å². The van der Waals surface area contributed by atoms with Gasteiger partial charge in [0.25, 0.3) is 5.91 Å². The molecule has 0 unspecified atom stereocenters. The summed E-state index contributed by atoms with van der Waals surface area (Å²) in [6, 6.07) is 7.93. The van der Waals surface area contributed by atoms with Crippen molar-refractivity contribution in [2.24, 2.45) is 0 Å². The first-order chi connectivity index (χ1) is 18.6. The van der Waals surface area contributed by atoms with Crippen LogP contribution < -0.4 is 10.1 Å². The van der Waals surface area contributed by atoms with Gasteiger partial charge in [0.1, 0.15) is 17.4 Å². The van der Waals surface area contributed by atoms with E-state index >= 15 is 0 Å². The highest BCUT2D eigenvalue weighted by atomic mass is 32.2. The molecule has 1 N–H and O–H groups in total. The first-order valence-corrected chi connectivity index (χ1v) is 14.0. The van der Waals surface area contributed by atoms with Crippen molar-refractivity contribution >= 4 is 45.9 Å². The van der Waals surface area contributed by atoms with Gasteiger partial charge in [-0.2, -0.15) is 0 Å². The fourth-order valence-electron chi connectivity index (χ4n) is 3.59. The molecule has 12 heteroatoms. The standard InChI is InChI=1S/C27H33N5O5S2/c1-8-13-32-20(14-37-19-11-9-18(10-12-19)16(2)3)29-30-27(32)38-15-21(33)28-24-22(26(35)36-7)17(4)23(39-24)25(34)31(5)6/h8-12,16H,1,13-15H2,2-7H3,(H,28,33). The van der Waals surface area contributed by atoms with E-state index < -0.39 is 5.97 Å². The Kier molecular flexibility index (Phi) is 10.3. The number of thioether (sulfide) groups is 1. The summed E-state index contributed by atoms with van der Waals surface area (Å²) in [5.74, 6) is 0.498. The Balaban J connectivity index is 1.70. The smallest absolute Gasteiger partial charge is 0.341 e. The van der Waals surface area contributed by atoms with Crippen molar-refractivity contribution < 1.29 is 23.9 Å². The highest BCUT2D eigenvalue weighted by molar-refractivity contribution is 7.99. The Morgan fingerprint density at radius 2 is 1.90 bits per heavy atom. The molecular weight excluding hydrogens is 538 g/mol. The number of allylic oxidation sites excluding steroid dienone is 1. The zero-order valence-corrected chi connectivity index (χ0v) is 24.6. The number of anilines is 1. The van der Waals surface area contributed by atoms with Crippen LogP contribution in [0.2, 0.25) is 0 Å². The molecule has 3 aromatic rings. The summed E-state index contributed by atoms with van der Waals surface area (Å²) in [5, 5.41) is 12.0. The second-order valence-corrected chi connectivity index (χ2v) is 11.1. The van der Waals surface area contributed by atoms with Crippen LogP contribution >= 0.6 is 23.1 Å².